The van der Waals surface area contributed by atoms with E-state index in [4.69, 9.17) is 5.73 Å². The Balaban J connectivity index is 1.99. The van der Waals surface area contributed by atoms with E-state index >= 15 is 0 Å². The first-order valence-corrected chi connectivity index (χ1v) is 6.53. The topological polar surface area (TPSA) is 85.1 Å². The van der Waals surface area contributed by atoms with Crippen LogP contribution in [0.25, 0.3) is 0 Å². The summed E-state index contributed by atoms with van der Waals surface area (Å²) in [6.07, 6.45) is 0.300. The van der Waals surface area contributed by atoms with Gasteiger partial charge >= 0.3 is 0 Å². The van der Waals surface area contributed by atoms with Gasteiger partial charge in [0, 0.05) is 16.1 Å². The number of carbonyl (C=O) groups is 2. The number of aromatic nitrogens is 1. The van der Waals surface area contributed by atoms with Gasteiger partial charge in [0.1, 0.15) is 0 Å². The van der Waals surface area contributed by atoms with Gasteiger partial charge in [-0.2, -0.15) is 0 Å². The Hall–Kier alpha value is -2.21. The molecule has 0 aliphatic rings. The fraction of sp³-hybridized carbons (Fsp3) is 0.154. The van der Waals surface area contributed by atoms with E-state index in [2.05, 4.69) is 10.3 Å². The largest absolute Gasteiger partial charge is 0.366 e. The third-order valence-corrected chi connectivity index (χ3v) is 3.55. The molecule has 0 saturated carbocycles. The molecule has 2 amide bonds. The highest BCUT2D eigenvalue weighted by atomic mass is 32.1. The van der Waals surface area contributed by atoms with Crippen LogP contribution in [0, 0.1) is 6.92 Å². The molecule has 3 N–H and O–H groups in total. The van der Waals surface area contributed by atoms with Gasteiger partial charge in [0.05, 0.1) is 17.6 Å². The van der Waals surface area contributed by atoms with E-state index < -0.39 is 5.91 Å². The smallest absolute Gasteiger partial charge is 0.248 e. The molecular weight excluding hydrogens is 262 g/mol. The highest BCUT2D eigenvalue weighted by Crippen LogP contribution is 2.14. The van der Waals surface area contributed by atoms with Crippen molar-refractivity contribution in [3.8, 4) is 0 Å². The van der Waals surface area contributed by atoms with Crippen molar-refractivity contribution in [1.82, 2.24) is 4.98 Å². The minimum Gasteiger partial charge on any atom is -0.366 e. The highest BCUT2D eigenvalue weighted by molar-refractivity contribution is 7.09. The van der Waals surface area contributed by atoms with Gasteiger partial charge in [-0.25, -0.2) is 4.98 Å². The Bertz CT molecular complexity index is 605. The van der Waals surface area contributed by atoms with E-state index in [1.165, 1.54) is 11.3 Å². The molecule has 0 fully saturated rings. The molecule has 6 heteroatoms. The Kier molecular flexibility index (Phi) is 3.91. The Morgan fingerprint density at radius 1 is 1.32 bits per heavy atom. The van der Waals surface area contributed by atoms with E-state index in [1.54, 1.807) is 29.8 Å². The Morgan fingerprint density at radius 2 is 2.00 bits per heavy atom. The van der Waals surface area contributed by atoms with Crippen molar-refractivity contribution in [3.63, 3.8) is 0 Å². The molecule has 1 aromatic heterocycles. The maximum Gasteiger partial charge on any atom is 0.248 e. The van der Waals surface area contributed by atoms with Crippen LogP contribution in [-0.4, -0.2) is 16.8 Å². The molecule has 0 aliphatic heterocycles. The summed E-state index contributed by atoms with van der Waals surface area (Å²) in [6, 6.07) is 6.46. The Labute approximate surface area is 114 Å². The average molecular weight is 275 g/mol. The number of rotatable bonds is 4. The molecule has 5 nitrogen and oxygen atoms in total. The van der Waals surface area contributed by atoms with Crippen molar-refractivity contribution in [3.05, 3.63) is 45.9 Å². The first kappa shape index (κ1) is 13.2. The summed E-state index contributed by atoms with van der Waals surface area (Å²) in [7, 11) is 0. The number of amides is 2. The summed E-state index contributed by atoms with van der Waals surface area (Å²) in [5, 5.41) is 2.76. The molecule has 2 aromatic rings. The number of aryl methyl sites for hydroxylation is 1. The lowest BCUT2D eigenvalue weighted by molar-refractivity contribution is -0.115. The van der Waals surface area contributed by atoms with Crippen LogP contribution < -0.4 is 11.1 Å². The van der Waals surface area contributed by atoms with Crippen LogP contribution in [0.1, 0.15) is 20.9 Å². The summed E-state index contributed by atoms with van der Waals surface area (Å²) in [5.41, 5.74) is 8.79. The van der Waals surface area contributed by atoms with Gasteiger partial charge in [-0.15, -0.1) is 11.3 Å². The number of hydrogen-bond acceptors (Lipinski definition) is 4. The molecular formula is C13H13N3O2S. The predicted molar refractivity (Wildman–Crippen MR) is 74.1 cm³/mol. The molecule has 0 radical (unpaired) electrons. The highest BCUT2D eigenvalue weighted by Gasteiger charge is 2.08. The third kappa shape index (κ3) is 3.38. The van der Waals surface area contributed by atoms with Gasteiger partial charge in [-0.3, -0.25) is 9.59 Å². The predicted octanol–water partition coefficient (Wildman–Crippen LogP) is 1.73. The molecule has 0 spiro atoms. The van der Waals surface area contributed by atoms with E-state index in [0.717, 1.165) is 10.6 Å². The van der Waals surface area contributed by atoms with Crippen LogP contribution in [0.5, 0.6) is 0 Å². The van der Waals surface area contributed by atoms with Crippen molar-refractivity contribution in [2.75, 3.05) is 5.32 Å². The van der Waals surface area contributed by atoms with E-state index in [9.17, 15) is 9.59 Å². The van der Waals surface area contributed by atoms with Gasteiger partial charge in [0.25, 0.3) is 0 Å². The molecule has 2 rings (SSSR count). The molecule has 0 atom stereocenters. The number of thiazole rings is 1. The van der Waals surface area contributed by atoms with Gasteiger partial charge in [-0.1, -0.05) is 0 Å². The van der Waals surface area contributed by atoms with Gasteiger partial charge in [0.2, 0.25) is 11.8 Å². The summed E-state index contributed by atoms with van der Waals surface area (Å²) < 4.78 is 0. The molecule has 0 aliphatic carbocycles. The van der Waals surface area contributed by atoms with Crippen LogP contribution in [0.3, 0.4) is 0 Å². The second-order valence-electron chi connectivity index (χ2n) is 4.03. The van der Waals surface area contributed by atoms with Crippen molar-refractivity contribution in [2.24, 2.45) is 5.73 Å². The number of nitrogens with two attached hydrogens (primary N) is 1. The molecule has 98 valence electrons. The maximum atomic E-state index is 11.8. The van der Waals surface area contributed by atoms with Crippen molar-refractivity contribution >= 4 is 28.8 Å². The van der Waals surface area contributed by atoms with Crippen molar-refractivity contribution < 1.29 is 9.59 Å². The molecule has 0 unspecified atom stereocenters. The lowest BCUT2D eigenvalue weighted by Gasteiger charge is -2.05. The number of primary amides is 1. The number of nitrogens with one attached hydrogen (secondary N) is 1. The van der Waals surface area contributed by atoms with Gasteiger partial charge < -0.3 is 11.1 Å². The lowest BCUT2D eigenvalue weighted by atomic mass is 10.2. The number of benzene rings is 1. The summed E-state index contributed by atoms with van der Waals surface area (Å²) >= 11 is 1.46. The SMILES string of the molecule is Cc1ncsc1CC(=O)Nc1ccc(C(N)=O)cc1. The zero-order chi connectivity index (χ0) is 13.8. The van der Waals surface area contributed by atoms with E-state index in [0.29, 0.717) is 17.7 Å². The quantitative estimate of drug-likeness (QED) is 0.891. The fourth-order valence-corrected chi connectivity index (χ4v) is 2.34. The number of hydrogen-bond donors (Lipinski definition) is 2. The standard InChI is InChI=1S/C13H13N3O2S/c1-8-11(19-7-15-8)6-12(17)16-10-4-2-9(3-5-10)13(14)18/h2-5,7H,6H2,1H3,(H2,14,18)(H,16,17). The molecule has 0 saturated heterocycles. The summed E-state index contributed by atoms with van der Waals surface area (Å²) in [6.45, 7) is 1.88. The first-order valence-electron chi connectivity index (χ1n) is 5.65. The minimum absolute atomic E-state index is 0.112. The zero-order valence-electron chi connectivity index (χ0n) is 10.3. The minimum atomic E-state index is -0.488. The number of anilines is 1. The molecule has 1 aromatic carbocycles. The number of carbonyl (C=O) groups excluding carboxylic acids is 2. The average Bonchev–Trinajstić information content (AvgIpc) is 2.75. The second kappa shape index (κ2) is 5.62. The van der Waals surface area contributed by atoms with Gasteiger partial charge in [-0.05, 0) is 31.2 Å². The van der Waals surface area contributed by atoms with E-state index in [-0.39, 0.29) is 5.91 Å². The second-order valence-corrected chi connectivity index (χ2v) is 4.97. The molecule has 1 heterocycles. The van der Waals surface area contributed by atoms with Crippen LogP contribution >= 0.6 is 11.3 Å². The normalized spacial score (nSPS) is 10.2. The zero-order valence-corrected chi connectivity index (χ0v) is 11.2. The van der Waals surface area contributed by atoms with Crippen LogP contribution in [-0.2, 0) is 11.2 Å². The fourth-order valence-electron chi connectivity index (χ4n) is 1.56. The van der Waals surface area contributed by atoms with Crippen LogP contribution in [0.2, 0.25) is 0 Å². The van der Waals surface area contributed by atoms with Crippen molar-refractivity contribution in [2.45, 2.75) is 13.3 Å². The summed E-state index contributed by atoms with van der Waals surface area (Å²) in [5.74, 6) is -0.600. The van der Waals surface area contributed by atoms with Gasteiger partial charge in [0.15, 0.2) is 0 Å². The summed E-state index contributed by atoms with van der Waals surface area (Å²) in [4.78, 5) is 27.8. The monoisotopic (exact) mass is 275 g/mol. The third-order valence-electron chi connectivity index (χ3n) is 2.62. The molecule has 0 bridgehead atoms. The van der Waals surface area contributed by atoms with Crippen LogP contribution in [0.4, 0.5) is 5.69 Å². The molecule has 19 heavy (non-hydrogen) atoms. The van der Waals surface area contributed by atoms with Crippen molar-refractivity contribution in [1.29, 1.82) is 0 Å². The van der Waals surface area contributed by atoms with E-state index in [1.807, 2.05) is 6.92 Å². The Morgan fingerprint density at radius 3 is 2.53 bits per heavy atom. The lowest BCUT2D eigenvalue weighted by Crippen LogP contribution is -2.15. The maximum absolute atomic E-state index is 11.8. The number of nitrogens with zero attached hydrogens (tertiary/aromatic N) is 1. The van der Waals surface area contributed by atoms with Crippen LogP contribution in [0.15, 0.2) is 29.8 Å². The first-order chi connectivity index (χ1) is 9.06.